The molecule has 0 aromatic heterocycles. The molecular weight excluding hydrogens is 297 g/mol. The van der Waals surface area contributed by atoms with E-state index in [9.17, 15) is 17.6 Å². The Bertz CT molecular complexity index is 653. The molecule has 5 nitrogen and oxygen atoms in total. The number of sulfonamides is 1. The molecule has 1 aliphatic rings. The lowest BCUT2D eigenvalue weighted by Crippen LogP contribution is -2.18. The van der Waals surface area contributed by atoms with Gasteiger partial charge in [0.25, 0.3) is 0 Å². The number of primary sulfonamides is 1. The third kappa shape index (κ3) is 3.79. The molecule has 0 spiro atoms. The molecule has 1 aliphatic carbocycles. The van der Waals surface area contributed by atoms with Crippen LogP contribution in [0.2, 0.25) is 0 Å². The van der Waals surface area contributed by atoms with E-state index in [0.29, 0.717) is 5.92 Å². The molecule has 1 fully saturated rings. The van der Waals surface area contributed by atoms with Crippen LogP contribution in [0.25, 0.3) is 0 Å². The quantitative estimate of drug-likeness (QED) is 0.843. The van der Waals surface area contributed by atoms with E-state index < -0.39 is 27.4 Å². The summed E-state index contributed by atoms with van der Waals surface area (Å²) in [5.74, 6) is -1.07. The van der Waals surface area contributed by atoms with Crippen LogP contribution in [-0.2, 0) is 14.8 Å². The summed E-state index contributed by atoms with van der Waals surface area (Å²) in [6, 6.07) is 2.01. The monoisotopic (exact) mass is 315 g/mol. The van der Waals surface area contributed by atoms with E-state index in [1.165, 1.54) is 13.3 Å². The van der Waals surface area contributed by atoms with Crippen molar-refractivity contribution in [3.63, 3.8) is 0 Å². The van der Waals surface area contributed by atoms with Gasteiger partial charge in [-0.1, -0.05) is 19.3 Å². The van der Waals surface area contributed by atoms with Gasteiger partial charge in [0.05, 0.1) is 17.1 Å². The van der Waals surface area contributed by atoms with Gasteiger partial charge in [0.15, 0.2) is 0 Å². The second-order valence-corrected chi connectivity index (χ2v) is 6.93. The lowest BCUT2D eigenvalue weighted by atomic mass is 9.83. The Morgan fingerprint density at radius 2 is 2.10 bits per heavy atom. The fourth-order valence-electron chi connectivity index (χ4n) is 2.23. The number of halogens is 1. The Balaban J connectivity index is 2.13. The van der Waals surface area contributed by atoms with Crippen molar-refractivity contribution in [3.05, 3.63) is 29.1 Å². The molecule has 0 unspecified atom stereocenters. The lowest BCUT2D eigenvalue weighted by Gasteiger charge is -2.24. The molecule has 1 aromatic carbocycles. The van der Waals surface area contributed by atoms with Crippen molar-refractivity contribution in [1.29, 1.82) is 0 Å². The van der Waals surface area contributed by atoms with Crippen LogP contribution in [-0.4, -0.2) is 21.0 Å². The van der Waals surface area contributed by atoms with Crippen molar-refractivity contribution in [1.82, 2.24) is 0 Å². The van der Waals surface area contributed by atoms with E-state index in [1.54, 1.807) is 0 Å². The molecule has 2 N–H and O–H groups in total. The number of benzene rings is 1. The average Bonchev–Trinajstić information content (AvgIpc) is 2.33. The SMILES string of the molecule is Cc1cc(S(N)(=O)=O)cc(C(=O)OCCC2CCC2)c1F. The van der Waals surface area contributed by atoms with Gasteiger partial charge in [0.1, 0.15) is 5.82 Å². The van der Waals surface area contributed by atoms with Crippen LogP contribution in [0.15, 0.2) is 17.0 Å². The number of esters is 1. The maximum Gasteiger partial charge on any atom is 0.341 e. The van der Waals surface area contributed by atoms with Gasteiger partial charge in [-0.25, -0.2) is 22.7 Å². The normalized spacial score (nSPS) is 15.6. The predicted octanol–water partition coefficient (Wildman–Crippen LogP) is 2.13. The molecule has 0 radical (unpaired) electrons. The first-order chi connectivity index (χ1) is 9.79. The number of nitrogens with two attached hydrogens (primary N) is 1. The minimum absolute atomic E-state index is 0.0347. The summed E-state index contributed by atoms with van der Waals surface area (Å²) in [6.07, 6.45) is 4.21. The highest BCUT2D eigenvalue weighted by Crippen LogP contribution is 2.29. The molecule has 21 heavy (non-hydrogen) atoms. The van der Waals surface area contributed by atoms with Crippen molar-refractivity contribution in [3.8, 4) is 0 Å². The third-order valence-corrected chi connectivity index (χ3v) is 4.65. The van der Waals surface area contributed by atoms with E-state index in [4.69, 9.17) is 9.88 Å². The van der Waals surface area contributed by atoms with Gasteiger partial charge in [0.2, 0.25) is 10.0 Å². The molecule has 0 saturated heterocycles. The van der Waals surface area contributed by atoms with E-state index in [0.717, 1.165) is 31.4 Å². The van der Waals surface area contributed by atoms with Gasteiger partial charge >= 0.3 is 5.97 Å². The summed E-state index contributed by atoms with van der Waals surface area (Å²) >= 11 is 0. The Hall–Kier alpha value is -1.47. The van der Waals surface area contributed by atoms with E-state index in [2.05, 4.69) is 0 Å². The number of hydrogen-bond acceptors (Lipinski definition) is 4. The number of ether oxygens (including phenoxy) is 1. The van der Waals surface area contributed by atoms with Crippen LogP contribution in [0, 0.1) is 18.7 Å². The Kier molecular flexibility index (Phi) is 4.63. The fraction of sp³-hybridized carbons (Fsp3) is 0.500. The molecule has 0 heterocycles. The zero-order chi connectivity index (χ0) is 15.6. The summed E-state index contributed by atoms with van der Waals surface area (Å²) in [4.78, 5) is 11.6. The van der Waals surface area contributed by atoms with Crippen LogP contribution in [0.3, 0.4) is 0 Å². The first-order valence-corrected chi connectivity index (χ1v) is 8.33. The van der Waals surface area contributed by atoms with Crippen LogP contribution in [0.4, 0.5) is 4.39 Å². The van der Waals surface area contributed by atoms with Gasteiger partial charge in [0, 0.05) is 0 Å². The van der Waals surface area contributed by atoms with E-state index in [-0.39, 0.29) is 17.1 Å². The maximum atomic E-state index is 13.9. The van der Waals surface area contributed by atoms with Gasteiger partial charge in [-0.3, -0.25) is 0 Å². The third-order valence-electron chi connectivity index (χ3n) is 3.76. The smallest absolute Gasteiger partial charge is 0.341 e. The molecule has 0 atom stereocenters. The van der Waals surface area contributed by atoms with Crippen LogP contribution >= 0.6 is 0 Å². The maximum absolute atomic E-state index is 13.9. The molecule has 0 amide bonds. The molecule has 116 valence electrons. The number of rotatable bonds is 5. The van der Waals surface area contributed by atoms with Crippen LogP contribution < -0.4 is 5.14 Å². The molecule has 2 rings (SSSR count). The second kappa shape index (κ2) is 6.11. The first kappa shape index (κ1) is 15.9. The zero-order valence-corrected chi connectivity index (χ0v) is 12.6. The summed E-state index contributed by atoms with van der Waals surface area (Å²) in [5.41, 5.74) is -0.361. The van der Waals surface area contributed by atoms with Crippen molar-refractivity contribution >= 4 is 16.0 Å². The molecule has 1 aromatic rings. The molecule has 7 heteroatoms. The van der Waals surface area contributed by atoms with Crippen LogP contribution in [0.5, 0.6) is 0 Å². The number of carbonyl (C=O) groups is 1. The van der Waals surface area contributed by atoms with Gasteiger partial charge in [-0.05, 0) is 37.0 Å². The number of carbonyl (C=O) groups excluding carboxylic acids is 1. The minimum Gasteiger partial charge on any atom is -0.462 e. The van der Waals surface area contributed by atoms with Crippen LogP contribution in [0.1, 0.15) is 41.6 Å². The minimum atomic E-state index is -4.00. The van der Waals surface area contributed by atoms with Gasteiger partial charge in [-0.2, -0.15) is 0 Å². The van der Waals surface area contributed by atoms with E-state index in [1.807, 2.05) is 0 Å². The summed E-state index contributed by atoms with van der Waals surface area (Å²) in [7, 11) is -4.00. The van der Waals surface area contributed by atoms with Crippen molar-refractivity contribution in [2.24, 2.45) is 11.1 Å². The van der Waals surface area contributed by atoms with Gasteiger partial charge < -0.3 is 4.74 Å². The second-order valence-electron chi connectivity index (χ2n) is 5.37. The summed E-state index contributed by atoms with van der Waals surface area (Å²) in [5, 5.41) is 5.01. The highest BCUT2D eigenvalue weighted by atomic mass is 32.2. The van der Waals surface area contributed by atoms with Crippen molar-refractivity contribution in [2.75, 3.05) is 6.61 Å². The lowest BCUT2D eigenvalue weighted by molar-refractivity contribution is 0.0458. The van der Waals surface area contributed by atoms with E-state index >= 15 is 0 Å². The average molecular weight is 315 g/mol. The van der Waals surface area contributed by atoms with Gasteiger partial charge in [-0.15, -0.1) is 0 Å². The standard InChI is InChI=1S/C14H18FNO4S/c1-9-7-11(21(16,18)19)8-12(13(9)15)14(17)20-6-5-10-3-2-4-10/h7-8,10H,2-6H2,1H3,(H2,16,18,19). The number of hydrogen-bond donors (Lipinski definition) is 1. The molecule has 0 bridgehead atoms. The largest absolute Gasteiger partial charge is 0.462 e. The topological polar surface area (TPSA) is 86.5 Å². The Morgan fingerprint density at radius 3 is 2.62 bits per heavy atom. The number of aryl methyl sites for hydroxylation is 1. The Morgan fingerprint density at radius 1 is 1.43 bits per heavy atom. The first-order valence-electron chi connectivity index (χ1n) is 6.79. The highest BCUT2D eigenvalue weighted by Gasteiger charge is 2.22. The molecular formula is C14H18FNO4S. The molecule has 0 aliphatic heterocycles. The van der Waals surface area contributed by atoms with Crippen molar-refractivity contribution in [2.45, 2.75) is 37.5 Å². The summed E-state index contributed by atoms with van der Waals surface area (Å²) in [6.45, 7) is 1.58. The Labute approximate surface area is 123 Å². The predicted molar refractivity (Wildman–Crippen MR) is 74.8 cm³/mol. The zero-order valence-electron chi connectivity index (χ0n) is 11.8. The van der Waals surface area contributed by atoms with Crippen molar-refractivity contribution < 1.29 is 22.3 Å². The fourth-order valence-corrected chi connectivity index (χ4v) is 2.85. The summed E-state index contributed by atoms with van der Waals surface area (Å²) < 4.78 is 41.6. The highest BCUT2D eigenvalue weighted by molar-refractivity contribution is 7.89. The molecule has 1 saturated carbocycles.